The van der Waals surface area contributed by atoms with Crippen LogP contribution in [0.2, 0.25) is 0 Å². The van der Waals surface area contributed by atoms with Crippen LogP contribution >= 0.6 is 0 Å². The summed E-state index contributed by atoms with van der Waals surface area (Å²) in [4.78, 5) is 14.2. The SMILES string of the molecule is NC1CCN(C(=O)c2ccc(-n3cnnn3)cc2)CC1. The lowest BCUT2D eigenvalue weighted by atomic mass is 10.0. The molecular formula is C13H16N6O. The van der Waals surface area contributed by atoms with Crippen molar-refractivity contribution < 1.29 is 4.79 Å². The molecule has 104 valence electrons. The monoisotopic (exact) mass is 272 g/mol. The largest absolute Gasteiger partial charge is 0.339 e. The lowest BCUT2D eigenvalue weighted by molar-refractivity contribution is 0.0715. The Morgan fingerprint density at radius 2 is 1.90 bits per heavy atom. The molecule has 1 amide bonds. The third kappa shape index (κ3) is 2.53. The van der Waals surface area contributed by atoms with E-state index in [1.54, 1.807) is 16.8 Å². The second-order valence-corrected chi connectivity index (χ2v) is 4.93. The van der Waals surface area contributed by atoms with E-state index in [0.717, 1.165) is 31.6 Å². The number of likely N-dealkylation sites (tertiary alicyclic amines) is 1. The van der Waals surface area contributed by atoms with Gasteiger partial charge in [0.15, 0.2) is 0 Å². The average Bonchev–Trinajstić information content (AvgIpc) is 3.02. The van der Waals surface area contributed by atoms with Gasteiger partial charge in [-0.1, -0.05) is 0 Å². The van der Waals surface area contributed by atoms with Gasteiger partial charge in [0.25, 0.3) is 5.91 Å². The van der Waals surface area contributed by atoms with E-state index in [2.05, 4.69) is 15.5 Å². The van der Waals surface area contributed by atoms with Gasteiger partial charge in [-0.05, 0) is 47.5 Å². The summed E-state index contributed by atoms with van der Waals surface area (Å²) in [7, 11) is 0. The molecule has 1 fully saturated rings. The summed E-state index contributed by atoms with van der Waals surface area (Å²) in [6.07, 6.45) is 3.26. The zero-order valence-electron chi connectivity index (χ0n) is 11.0. The molecule has 2 N–H and O–H groups in total. The molecule has 0 radical (unpaired) electrons. The van der Waals surface area contributed by atoms with Crippen molar-refractivity contribution in [2.45, 2.75) is 18.9 Å². The summed E-state index contributed by atoms with van der Waals surface area (Å²) in [5.41, 5.74) is 7.35. The summed E-state index contributed by atoms with van der Waals surface area (Å²) in [5.74, 6) is 0.0557. The smallest absolute Gasteiger partial charge is 0.253 e. The van der Waals surface area contributed by atoms with Crippen LogP contribution in [0.3, 0.4) is 0 Å². The van der Waals surface area contributed by atoms with E-state index in [-0.39, 0.29) is 11.9 Å². The molecule has 7 nitrogen and oxygen atoms in total. The van der Waals surface area contributed by atoms with E-state index in [4.69, 9.17) is 5.73 Å². The van der Waals surface area contributed by atoms with Crippen molar-refractivity contribution in [2.24, 2.45) is 5.73 Å². The first-order valence-electron chi connectivity index (χ1n) is 6.62. The molecule has 1 aliphatic rings. The highest BCUT2D eigenvalue weighted by molar-refractivity contribution is 5.94. The number of carbonyl (C=O) groups is 1. The first kappa shape index (κ1) is 12.7. The second kappa shape index (κ2) is 5.38. The van der Waals surface area contributed by atoms with Crippen LogP contribution in [-0.2, 0) is 0 Å². The van der Waals surface area contributed by atoms with E-state index >= 15 is 0 Å². The Kier molecular flexibility index (Phi) is 3.42. The Labute approximate surface area is 116 Å². The van der Waals surface area contributed by atoms with E-state index in [1.165, 1.54) is 6.33 Å². The Morgan fingerprint density at radius 3 is 2.50 bits per heavy atom. The summed E-state index contributed by atoms with van der Waals surface area (Å²) in [6, 6.07) is 7.49. The standard InChI is InChI=1S/C13H16N6O/c14-11-5-7-18(8-6-11)13(20)10-1-3-12(4-2-10)19-9-15-16-17-19/h1-4,9,11H,5-8,14H2. The fourth-order valence-electron chi connectivity index (χ4n) is 2.32. The average molecular weight is 272 g/mol. The third-order valence-corrected chi connectivity index (χ3v) is 3.55. The molecule has 1 aromatic carbocycles. The minimum Gasteiger partial charge on any atom is -0.339 e. The normalized spacial score (nSPS) is 16.4. The Bertz CT molecular complexity index is 571. The Morgan fingerprint density at radius 1 is 1.20 bits per heavy atom. The van der Waals surface area contributed by atoms with Crippen molar-refractivity contribution in [2.75, 3.05) is 13.1 Å². The van der Waals surface area contributed by atoms with Gasteiger partial charge >= 0.3 is 0 Å². The van der Waals surface area contributed by atoms with Gasteiger partial charge in [0, 0.05) is 24.7 Å². The first-order valence-corrected chi connectivity index (χ1v) is 6.62. The summed E-state index contributed by atoms with van der Waals surface area (Å²) < 4.78 is 1.55. The van der Waals surface area contributed by atoms with E-state index < -0.39 is 0 Å². The number of hydrogen-bond acceptors (Lipinski definition) is 5. The van der Waals surface area contributed by atoms with Crippen LogP contribution in [0.5, 0.6) is 0 Å². The zero-order chi connectivity index (χ0) is 13.9. The van der Waals surface area contributed by atoms with E-state index in [9.17, 15) is 4.79 Å². The summed E-state index contributed by atoms with van der Waals surface area (Å²) in [5, 5.41) is 11.0. The fourth-order valence-corrected chi connectivity index (χ4v) is 2.32. The molecule has 0 aliphatic carbocycles. The third-order valence-electron chi connectivity index (χ3n) is 3.55. The number of benzene rings is 1. The predicted molar refractivity (Wildman–Crippen MR) is 72.3 cm³/mol. The number of tetrazole rings is 1. The molecule has 0 spiro atoms. The van der Waals surface area contributed by atoms with Crippen LogP contribution in [0, 0.1) is 0 Å². The number of aromatic nitrogens is 4. The second-order valence-electron chi connectivity index (χ2n) is 4.93. The number of amides is 1. The van der Waals surface area contributed by atoms with Crippen LogP contribution in [0.15, 0.2) is 30.6 Å². The van der Waals surface area contributed by atoms with Gasteiger partial charge in [0.1, 0.15) is 6.33 Å². The van der Waals surface area contributed by atoms with Crippen molar-refractivity contribution in [3.05, 3.63) is 36.2 Å². The fraction of sp³-hybridized carbons (Fsp3) is 0.385. The molecule has 1 aliphatic heterocycles. The highest BCUT2D eigenvalue weighted by Gasteiger charge is 2.21. The maximum absolute atomic E-state index is 12.3. The quantitative estimate of drug-likeness (QED) is 0.845. The number of nitrogens with two attached hydrogens (primary N) is 1. The van der Waals surface area contributed by atoms with Crippen LogP contribution in [0.25, 0.3) is 5.69 Å². The molecule has 1 saturated heterocycles. The number of nitrogens with zero attached hydrogens (tertiary/aromatic N) is 5. The molecule has 2 heterocycles. The summed E-state index contributed by atoms with van der Waals surface area (Å²) in [6.45, 7) is 1.46. The van der Waals surface area contributed by atoms with Crippen molar-refractivity contribution in [3.8, 4) is 5.69 Å². The zero-order valence-corrected chi connectivity index (χ0v) is 11.0. The Balaban J connectivity index is 1.73. The van der Waals surface area contributed by atoms with Crippen molar-refractivity contribution in [3.63, 3.8) is 0 Å². The molecule has 20 heavy (non-hydrogen) atoms. The minimum absolute atomic E-state index is 0.0557. The first-order chi connectivity index (χ1) is 9.74. The van der Waals surface area contributed by atoms with E-state index in [1.807, 2.05) is 17.0 Å². The molecule has 0 unspecified atom stereocenters. The number of rotatable bonds is 2. The maximum Gasteiger partial charge on any atom is 0.253 e. The molecule has 1 aromatic heterocycles. The van der Waals surface area contributed by atoms with Gasteiger partial charge in [0.05, 0.1) is 5.69 Å². The number of carbonyl (C=O) groups excluding carboxylic acids is 1. The maximum atomic E-state index is 12.3. The highest BCUT2D eigenvalue weighted by Crippen LogP contribution is 2.14. The van der Waals surface area contributed by atoms with Crippen molar-refractivity contribution in [1.82, 2.24) is 25.1 Å². The molecule has 0 saturated carbocycles. The van der Waals surface area contributed by atoms with Crippen LogP contribution in [0.1, 0.15) is 23.2 Å². The molecule has 0 bridgehead atoms. The van der Waals surface area contributed by atoms with E-state index in [0.29, 0.717) is 5.56 Å². The Hall–Kier alpha value is -2.28. The van der Waals surface area contributed by atoms with Crippen molar-refractivity contribution in [1.29, 1.82) is 0 Å². The van der Waals surface area contributed by atoms with Gasteiger partial charge < -0.3 is 10.6 Å². The van der Waals surface area contributed by atoms with Gasteiger partial charge in [-0.15, -0.1) is 5.10 Å². The predicted octanol–water partition coefficient (Wildman–Crippen LogP) is 0.226. The van der Waals surface area contributed by atoms with Gasteiger partial charge in [-0.3, -0.25) is 4.79 Å². The number of hydrogen-bond donors (Lipinski definition) is 1. The number of piperidine rings is 1. The van der Waals surface area contributed by atoms with Gasteiger partial charge in [-0.25, -0.2) is 4.68 Å². The van der Waals surface area contributed by atoms with Crippen molar-refractivity contribution >= 4 is 5.91 Å². The van der Waals surface area contributed by atoms with Crippen LogP contribution < -0.4 is 5.73 Å². The molecule has 2 aromatic rings. The van der Waals surface area contributed by atoms with Gasteiger partial charge in [0.2, 0.25) is 0 Å². The lowest BCUT2D eigenvalue weighted by Gasteiger charge is -2.30. The van der Waals surface area contributed by atoms with Crippen LogP contribution in [-0.4, -0.2) is 50.1 Å². The molecular weight excluding hydrogens is 256 g/mol. The lowest BCUT2D eigenvalue weighted by Crippen LogP contribution is -2.42. The molecule has 7 heteroatoms. The minimum atomic E-state index is 0.0557. The highest BCUT2D eigenvalue weighted by atomic mass is 16.2. The topological polar surface area (TPSA) is 89.9 Å². The van der Waals surface area contributed by atoms with Crippen LogP contribution in [0.4, 0.5) is 0 Å². The summed E-state index contributed by atoms with van der Waals surface area (Å²) >= 11 is 0. The van der Waals surface area contributed by atoms with Gasteiger partial charge in [-0.2, -0.15) is 0 Å². The molecule has 3 rings (SSSR count). The molecule has 0 atom stereocenters.